The zero-order chi connectivity index (χ0) is 13.9. The Morgan fingerprint density at radius 1 is 1.10 bits per heavy atom. The van der Waals surface area contributed by atoms with Gasteiger partial charge in [-0.3, -0.25) is 0 Å². The molecule has 0 bridgehead atoms. The summed E-state index contributed by atoms with van der Waals surface area (Å²) in [6.45, 7) is 1.07. The van der Waals surface area contributed by atoms with Crippen LogP contribution in [0.1, 0.15) is 29.2 Å². The summed E-state index contributed by atoms with van der Waals surface area (Å²) in [5.74, 6) is 0.550. The molecule has 1 aromatic heterocycles. The lowest BCUT2D eigenvalue weighted by atomic mass is 9.95. The van der Waals surface area contributed by atoms with Crippen LogP contribution in [-0.2, 0) is 6.42 Å². The Morgan fingerprint density at radius 2 is 1.85 bits per heavy atom. The van der Waals surface area contributed by atoms with Crippen molar-refractivity contribution in [2.75, 3.05) is 6.54 Å². The fourth-order valence-corrected chi connectivity index (χ4v) is 4.17. The highest BCUT2D eigenvalue weighted by atomic mass is 79.9. The highest BCUT2D eigenvalue weighted by Crippen LogP contribution is 2.29. The van der Waals surface area contributed by atoms with E-state index in [1.54, 1.807) is 0 Å². The fraction of sp³-hybridized carbons (Fsp3) is 0.375. The summed E-state index contributed by atoms with van der Waals surface area (Å²) in [6, 6.07) is 13.9. The lowest BCUT2D eigenvalue weighted by Crippen LogP contribution is -2.24. The van der Waals surface area contributed by atoms with Crippen molar-refractivity contribution in [1.82, 2.24) is 5.32 Å². The van der Waals surface area contributed by atoms with Crippen molar-refractivity contribution in [2.24, 2.45) is 0 Å². The quantitative estimate of drug-likeness (QED) is 0.671. The Balaban J connectivity index is 1.73. The average Bonchev–Trinajstić information content (AvgIpc) is 3.18. The summed E-state index contributed by atoms with van der Waals surface area (Å²) in [4.78, 5) is 1.45. The average molecular weight is 415 g/mol. The topological polar surface area (TPSA) is 12.0 Å². The van der Waals surface area contributed by atoms with Crippen LogP contribution in [0.4, 0.5) is 0 Å². The molecule has 3 rings (SSSR count). The second kappa shape index (κ2) is 6.73. The molecule has 0 saturated heterocycles. The number of halogens is 2. The number of nitrogens with one attached hydrogen (secondary N) is 1. The van der Waals surface area contributed by atoms with Crippen molar-refractivity contribution < 1.29 is 0 Å². The summed E-state index contributed by atoms with van der Waals surface area (Å²) in [6.07, 6.45) is 3.80. The van der Waals surface area contributed by atoms with Crippen LogP contribution in [-0.4, -0.2) is 12.6 Å². The van der Waals surface area contributed by atoms with Gasteiger partial charge in [0.25, 0.3) is 0 Å². The molecule has 1 N–H and O–H groups in total. The molecule has 20 heavy (non-hydrogen) atoms. The van der Waals surface area contributed by atoms with Crippen molar-refractivity contribution in [3.05, 3.63) is 55.1 Å². The molecule has 4 heteroatoms. The molecule has 1 aliphatic rings. The smallest absolute Gasteiger partial charge is 0.0701 e. The SMILES string of the molecule is Brc1ccc(C(CNC2CC2)Cc2ccc(Br)s2)cc1. The first-order valence-electron chi connectivity index (χ1n) is 6.94. The maximum Gasteiger partial charge on any atom is 0.0701 e. The normalized spacial score (nSPS) is 16.3. The van der Waals surface area contributed by atoms with Gasteiger partial charge in [0.15, 0.2) is 0 Å². The van der Waals surface area contributed by atoms with E-state index in [0.717, 1.165) is 23.5 Å². The Labute approximate surface area is 141 Å². The summed E-state index contributed by atoms with van der Waals surface area (Å²) in [7, 11) is 0. The number of hydrogen-bond acceptors (Lipinski definition) is 2. The van der Waals surface area contributed by atoms with Gasteiger partial charge in [0.05, 0.1) is 3.79 Å². The summed E-state index contributed by atoms with van der Waals surface area (Å²) >= 11 is 8.92. The van der Waals surface area contributed by atoms with E-state index >= 15 is 0 Å². The van der Waals surface area contributed by atoms with Crippen LogP contribution in [0, 0.1) is 0 Å². The van der Waals surface area contributed by atoms with Gasteiger partial charge < -0.3 is 5.32 Å². The molecule has 2 aromatic rings. The maximum absolute atomic E-state index is 3.68. The number of rotatable bonds is 6. The molecular weight excluding hydrogens is 398 g/mol. The maximum atomic E-state index is 3.68. The predicted molar refractivity (Wildman–Crippen MR) is 93.6 cm³/mol. The third kappa shape index (κ3) is 4.17. The zero-order valence-electron chi connectivity index (χ0n) is 11.1. The molecule has 0 spiro atoms. The van der Waals surface area contributed by atoms with E-state index in [4.69, 9.17) is 0 Å². The third-order valence-electron chi connectivity index (χ3n) is 3.65. The molecule has 0 amide bonds. The minimum atomic E-state index is 0.550. The second-order valence-corrected chi connectivity index (χ2v) is 8.80. The van der Waals surface area contributed by atoms with E-state index in [-0.39, 0.29) is 0 Å². The fourth-order valence-electron chi connectivity index (χ4n) is 2.34. The van der Waals surface area contributed by atoms with E-state index in [9.17, 15) is 0 Å². The molecule has 0 aliphatic heterocycles. The van der Waals surface area contributed by atoms with Crippen LogP contribution in [0.2, 0.25) is 0 Å². The predicted octanol–water partition coefficient (Wildman–Crippen LogP) is 5.35. The number of thiophene rings is 1. The summed E-state index contributed by atoms with van der Waals surface area (Å²) in [5.41, 5.74) is 1.42. The minimum Gasteiger partial charge on any atom is -0.313 e. The van der Waals surface area contributed by atoms with Crippen molar-refractivity contribution in [3.8, 4) is 0 Å². The van der Waals surface area contributed by atoms with Gasteiger partial charge in [-0.1, -0.05) is 28.1 Å². The van der Waals surface area contributed by atoms with Crippen LogP contribution in [0.3, 0.4) is 0 Å². The van der Waals surface area contributed by atoms with Gasteiger partial charge in [-0.25, -0.2) is 0 Å². The van der Waals surface area contributed by atoms with Gasteiger partial charge >= 0.3 is 0 Å². The molecule has 1 fully saturated rings. The number of hydrogen-bond donors (Lipinski definition) is 1. The highest BCUT2D eigenvalue weighted by molar-refractivity contribution is 9.11. The van der Waals surface area contributed by atoms with E-state index in [1.165, 1.54) is 27.1 Å². The summed E-state index contributed by atoms with van der Waals surface area (Å²) in [5, 5.41) is 3.68. The molecule has 1 aliphatic carbocycles. The van der Waals surface area contributed by atoms with Crippen LogP contribution >= 0.6 is 43.2 Å². The highest BCUT2D eigenvalue weighted by Gasteiger charge is 2.22. The Kier molecular flexibility index (Phi) is 4.97. The van der Waals surface area contributed by atoms with Gasteiger partial charge in [0.1, 0.15) is 0 Å². The van der Waals surface area contributed by atoms with Gasteiger partial charge in [0.2, 0.25) is 0 Å². The first-order valence-corrected chi connectivity index (χ1v) is 9.34. The molecule has 1 heterocycles. The van der Waals surface area contributed by atoms with Gasteiger partial charge in [-0.05, 0) is 65.0 Å². The van der Waals surface area contributed by atoms with Gasteiger partial charge in [0, 0.05) is 27.9 Å². The van der Waals surface area contributed by atoms with E-state index in [0.29, 0.717) is 5.92 Å². The first kappa shape index (κ1) is 14.8. The zero-order valence-corrected chi connectivity index (χ0v) is 15.1. The minimum absolute atomic E-state index is 0.550. The Bertz CT molecular complexity index is 560. The van der Waals surface area contributed by atoms with Crippen LogP contribution in [0.5, 0.6) is 0 Å². The number of benzene rings is 1. The molecule has 1 aromatic carbocycles. The second-order valence-electron chi connectivity index (χ2n) is 5.34. The Morgan fingerprint density at radius 3 is 2.45 bits per heavy atom. The molecule has 1 unspecified atom stereocenters. The van der Waals surface area contributed by atoms with Crippen molar-refractivity contribution in [1.29, 1.82) is 0 Å². The largest absolute Gasteiger partial charge is 0.313 e. The van der Waals surface area contributed by atoms with E-state index in [2.05, 4.69) is 73.6 Å². The van der Waals surface area contributed by atoms with E-state index < -0.39 is 0 Å². The summed E-state index contributed by atoms with van der Waals surface area (Å²) < 4.78 is 2.37. The van der Waals surface area contributed by atoms with Crippen molar-refractivity contribution in [3.63, 3.8) is 0 Å². The molecule has 0 radical (unpaired) electrons. The van der Waals surface area contributed by atoms with E-state index in [1.807, 2.05) is 11.3 Å². The molecule has 1 nitrogen and oxygen atoms in total. The molecule has 1 saturated carbocycles. The van der Waals surface area contributed by atoms with Crippen molar-refractivity contribution in [2.45, 2.75) is 31.2 Å². The van der Waals surface area contributed by atoms with Crippen LogP contribution in [0.15, 0.2) is 44.7 Å². The standard InChI is InChI=1S/C16H17Br2NS/c17-13-3-1-11(2-4-13)12(10-19-14-5-6-14)9-15-7-8-16(18)20-15/h1-4,7-8,12,14,19H,5-6,9-10H2. The lowest BCUT2D eigenvalue weighted by Gasteiger charge is -2.17. The lowest BCUT2D eigenvalue weighted by molar-refractivity contribution is 0.580. The molecule has 1 atom stereocenters. The van der Waals surface area contributed by atoms with Gasteiger partial charge in [-0.15, -0.1) is 11.3 Å². The monoisotopic (exact) mass is 413 g/mol. The molecule has 106 valence electrons. The van der Waals surface area contributed by atoms with Gasteiger partial charge in [-0.2, -0.15) is 0 Å². The third-order valence-corrected chi connectivity index (χ3v) is 5.82. The van der Waals surface area contributed by atoms with Crippen LogP contribution < -0.4 is 5.32 Å². The molecular formula is C16H17Br2NS. The first-order chi connectivity index (χ1) is 9.70. The van der Waals surface area contributed by atoms with Crippen molar-refractivity contribution >= 4 is 43.2 Å². The van der Waals surface area contributed by atoms with Crippen LogP contribution in [0.25, 0.3) is 0 Å². The Hall–Kier alpha value is -0.160.